The molecule has 25 heavy (non-hydrogen) atoms. The molecule has 130 valence electrons. The van der Waals surface area contributed by atoms with Gasteiger partial charge >= 0.3 is 0 Å². The van der Waals surface area contributed by atoms with Crippen LogP contribution in [0.3, 0.4) is 0 Å². The van der Waals surface area contributed by atoms with E-state index < -0.39 is 10.0 Å². The molecule has 0 saturated carbocycles. The second-order valence-electron chi connectivity index (χ2n) is 5.62. The Labute approximate surface area is 147 Å². The van der Waals surface area contributed by atoms with E-state index >= 15 is 0 Å². The SMILES string of the molecule is Cc1ccc(C(=O)NCCN(c2cccc(C#N)c2)S(C)(=O)=O)cc1. The van der Waals surface area contributed by atoms with Crippen LogP contribution in [0.4, 0.5) is 5.69 Å². The second-order valence-corrected chi connectivity index (χ2v) is 7.53. The van der Waals surface area contributed by atoms with Gasteiger partial charge in [0.05, 0.1) is 30.1 Å². The Morgan fingerprint density at radius 3 is 2.48 bits per heavy atom. The number of sulfonamides is 1. The quantitative estimate of drug-likeness (QED) is 0.857. The summed E-state index contributed by atoms with van der Waals surface area (Å²) >= 11 is 0. The number of nitrogens with one attached hydrogen (secondary N) is 1. The number of anilines is 1. The van der Waals surface area contributed by atoms with E-state index in [1.54, 1.807) is 30.3 Å². The van der Waals surface area contributed by atoms with Gasteiger partial charge in [0.15, 0.2) is 0 Å². The van der Waals surface area contributed by atoms with Gasteiger partial charge in [-0.25, -0.2) is 8.42 Å². The van der Waals surface area contributed by atoms with Crippen LogP contribution in [0.5, 0.6) is 0 Å². The van der Waals surface area contributed by atoms with Crippen LogP contribution in [0.15, 0.2) is 48.5 Å². The van der Waals surface area contributed by atoms with Gasteiger partial charge in [0.25, 0.3) is 5.91 Å². The number of nitriles is 1. The Hall–Kier alpha value is -2.85. The Morgan fingerprint density at radius 1 is 1.20 bits per heavy atom. The first-order valence-electron chi connectivity index (χ1n) is 7.64. The Bertz CT molecular complexity index is 900. The topological polar surface area (TPSA) is 90.3 Å². The normalized spacial score (nSPS) is 10.8. The summed E-state index contributed by atoms with van der Waals surface area (Å²) in [5.41, 5.74) is 2.33. The molecule has 0 aliphatic heterocycles. The lowest BCUT2D eigenvalue weighted by molar-refractivity contribution is 0.0955. The molecule has 0 fully saturated rings. The van der Waals surface area contributed by atoms with Crippen molar-refractivity contribution in [2.24, 2.45) is 0 Å². The van der Waals surface area contributed by atoms with Crippen molar-refractivity contribution < 1.29 is 13.2 Å². The van der Waals surface area contributed by atoms with Gasteiger partial charge in [-0.2, -0.15) is 5.26 Å². The van der Waals surface area contributed by atoms with E-state index in [0.29, 0.717) is 16.8 Å². The first-order chi connectivity index (χ1) is 11.8. The minimum absolute atomic E-state index is 0.0747. The highest BCUT2D eigenvalue weighted by Crippen LogP contribution is 2.18. The van der Waals surface area contributed by atoms with Crippen LogP contribution in [0.1, 0.15) is 21.5 Å². The molecule has 6 nitrogen and oxygen atoms in total. The molecule has 0 heterocycles. The average Bonchev–Trinajstić information content (AvgIpc) is 2.58. The standard InChI is InChI=1S/C18H19N3O3S/c1-14-6-8-16(9-7-14)18(22)20-10-11-21(25(2,23)24)17-5-3-4-15(12-17)13-19/h3-9,12H,10-11H2,1-2H3,(H,20,22). The van der Waals surface area contributed by atoms with Crippen LogP contribution < -0.4 is 9.62 Å². The minimum atomic E-state index is -3.54. The molecule has 1 N–H and O–H groups in total. The van der Waals surface area contributed by atoms with Crippen molar-refractivity contribution in [1.29, 1.82) is 5.26 Å². The van der Waals surface area contributed by atoms with Crippen LogP contribution in [0.2, 0.25) is 0 Å². The Kier molecular flexibility index (Phi) is 5.78. The summed E-state index contributed by atoms with van der Waals surface area (Å²) in [4.78, 5) is 12.1. The van der Waals surface area contributed by atoms with E-state index in [1.165, 1.54) is 10.4 Å². The van der Waals surface area contributed by atoms with Crippen LogP contribution in [0, 0.1) is 18.3 Å². The number of rotatable bonds is 6. The third-order valence-corrected chi connectivity index (χ3v) is 4.77. The summed E-state index contributed by atoms with van der Waals surface area (Å²) in [6.07, 6.45) is 1.09. The molecule has 0 aromatic heterocycles. The number of hydrogen-bond acceptors (Lipinski definition) is 4. The molecule has 2 aromatic carbocycles. The number of carbonyl (C=O) groups excluding carboxylic acids is 1. The lowest BCUT2D eigenvalue weighted by Crippen LogP contribution is -2.38. The molecule has 2 rings (SSSR count). The van der Waals surface area contributed by atoms with Crippen molar-refractivity contribution in [1.82, 2.24) is 5.32 Å². The molecular formula is C18H19N3O3S. The van der Waals surface area contributed by atoms with Crippen LogP contribution in [-0.2, 0) is 10.0 Å². The zero-order valence-electron chi connectivity index (χ0n) is 14.1. The maximum absolute atomic E-state index is 12.1. The van der Waals surface area contributed by atoms with Gasteiger partial charge in [0.1, 0.15) is 0 Å². The predicted molar refractivity (Wildman–Crippen MR) is 96.9 cm³/mol. The highest BCUT2D eigenvalue weighted by Gasteiger charge is 2.18. The van der Waals surface area contributed by atoms with E-state index in [9.17, 15) is 13.2 Å². The van der Waals surface area contributed by atoms with Gasteiger partial charge in [-0.3, -0.25) is 9.10 Å². The fourth-order valence-electron chi connectivity index (χ4n) is 2.29. The Balaban J connectivity index is 2.07. The van der Waals surface area contributed by atoms with Gasteiger partial charge in [-0.05, 0) is 37.3 Å². The van der Waals surface area contributed by atoms with E-state index in [-0.39, 0.29) is 19.0 Å². The van der Waals surface area contributed by atoms with Crippen LogP contribution in [0.25, 0.3) is 0 Å². The van der Waals surface area contributed by atoms with Crippen molar-refractivity contribution in [3.63, 3.8) is 0 Å². The predicted octanol–water partition coefficient (Wildman–Crippen LogP) is 2.06. The van der Waals surface area contributed by atoms with Gasteiger partial charge in [0, 0.05) is 12.1 Å². The molecule has 7 heteroatoms. The van der Waals surface area contributed by atoms with Crippen LogP contribution in [-0.4, -0.2) is 33.7 Å². The lowest BCUT2D eigenvalue weighted by Gasteiger charge is -2.22. The van der Waals surface area contributed by atoms with E-state index in [4.69, 9.17) is 5.26 Å². The summed E-state index contributed by atoms with van der Waals surface area (Å²) in [6.45, 7) is 2.16. The number of nitrogens with zero attached hydrogens (tertiary/aromatic N) is 2. The molecule has 0 saturated heterocycles. The second kappa shape index (κ2) is 7.81. The first-order valence-corrected chi connectivity index (χ1v) is 9.49. The zero-order valence-corrected chi connectivity index (χ0v) is 14.9. The maximum atomic E-state index is 12.1. The number of hydrogen-bond donors (Lipinski definition) is 1. The summed E-state index contributed by atoms with van der Waals surface area (Å²) in [5.74, 6) is -0.265. The molecule has 0 aliphatic rings. The van der Waals surface area contributed by atoms with Crippen molar-refractivity contribution in [3.8, 4) is 6.07 Å². The number of amides is 1. The molecule has 0 atom stereocenters. The van der Waals surface area contributed by atoms with E-state index in [0.717, 1.165) is 11.8 Å². The zero-order chi connectivity index (χ0) is 18.4. The van der Waals surface area contributed by atoms with Gasteiger partial charge < -0.3 is 5.32 Å². The molecule has 0 aliphatic carbocycles. The monoisotopic (exact) mass is 357 g/mol. The van der Waals surface area contributed by atoms with Gasteiger partial charge in [0.2, 0.25) is 10.0 Å². The van der Waals surface area contributed by atoms with Crippen molar-refractivity contribution in [3.05, 3.63) is 65.2 Å². The van der Waals surface area contributed by atoms with Gasteiger partial charge in [-0.1, -0.05) is 23.8 Å². The first kappa shape index (κ1) is 18.5. The largest absolute Gasteiger partial charge is 0.350 e. The average molecular weight is 357 g/mol. The smallest absolute Gasteiger partial charge is 0.251 e. The third-order valence-electron chi connectivity index (χ3n) is 3.58. The van der Waals surface area contributed by atoms with E-state index in [2.05, 4.69) is 5.32 Å². The van der Waals surface area contributed by atoms with Crippen molar-refractivity contribution >= 4 is 21.6 Å². The molecule has 0 radical (unpaired) electrons. The molecule has 1 amide bonds. The summed E-state index contributed by atoms with van der Waals surface area (Å²) in [7, 11) is -3.54. The number of carbonyl (C=O) groups is 1. The maximum Gasteiger partial charge on any atom is 0.251 e. The number of benzene rings is 2. The summed E-state index contributed by atoms with van der Waals surface area (Å²) in [5, 5.41) is 11.7. The lowest BCUT2D eigenvalue weighted by atomic mass is 10.1. The number of aryl methyl sites for hydroxylation is 1. The molecule has 0 spiro atoms. The fraction of sp³-hybridized carbons (Fsp3) is 0.222. The third kappa shape index (κ3) is 5.06. The van der Waals surface area contributed by atoms with Crippen molar-refractivity contribution in [2.75, 3.05) is 23.7 Å². The van der Waals surface area contributed by atoms with Gasteiger partial charge in [-0.15, -0.1) is 0 Å². The summed E-state index contributed by atoms with van der Waals surface area (Å²) in [6, 6.07) is 15.4. The highest BCUT2D eigenvalue weighted by molar-refractivity contribution is 7.92. The molecular weight excluding hydrogens is 338 g/mol. The molecule has 0 unspecified atom stereocenters. The fourth-order valence-corrected chi connectivity index (χ4v) is 3.21. The highest BCUT2D eigenvalue weighted by atomic mass is 32.2. The van der Waals surface area contributed by atoms with Crippen molar-refractivity contribution in [2.45, 2.75) is 6.92 Å². The van der Waals surface area contributed by atoms with Crippen LogP contribution >= 0.6 is 0 Å². The minimum Gasteiger partial charge on any atom is -0.350 e. The Morgan fingerprint density at radius 2 is 1.88 bits per heavy atom. The molecule has 0 bridgehead atoms. The van der Waals surface area contributed by atoms with E-state index in [1.807, 2.05) is 25.1 Å². The molecule has 2 aromatic rings. The summed E-state index contributed by atoms with van der Waals surface area (Å²) < 4.78 is 25.3.